The van der Waals surface area contributed by atoms with E-state index in [4.69, 9.17) is 15.9 Å². The van der Waals surface area contributed by atoms with E-state index in [-0.39, 0.29) is 23.2 Å². The molecule has 0 saturated heterocycles. The fraction of sp³-hybridized carbons (Fsp3) is 0. The second kappa shape index (κ2) is 5.26. The van der Waals surface area contributed by atoms with E-state index in [0.717, 1.165) is 24.4 Å². The van der Waals surface area contributed by atoms with E-state index in [9.17, 15) is 14.5 Å². The van der Waals surface area contributed by atoms with Crippen LogP contribution in [0.1, 0.15) is 5.69 Å². The predicted molar refractivity (Wildman–Crippen MR) is 66.2 cm³/mol. The van der Waals surface area contributed by atoms with Crippen LogP contribution in [0, 0.1) is 21.3 Å². The topological polar surface area (TPSA) is 128 Å². The van der Waals surface area contributed by atoms with Crippen LogP contribution in [0.5, 0.6) is 11.6 Å². The summed E-state index contributed by atoms with van der Waals surface area (Å²) in [5, 5.41) is 17.9. The zero-order valence-corrected chi connectivity index (χ0v) is 9.91. The molecule has 8 nitrogen and oxygen atoms in total. The van der Waals surface area contributed by atoms with Gasteiger partial charge in [0.05, 0.1) is 17.3 Å². The molecule has 2 aromatic rings. The first-order chi connectivity index (χ1) is 9.47. The molecule has 0 atom stereocenters. The van der Waals surface area contributed by atoms with Crippen molar-refractivity contribution in [2.24, 2.45) is 5.73 Å². The van der Waals surface area contributed by atoms with Gasteiger partial charge in [0.1, 0.15) is 17.3 Å². The van der Waals surface area contributed by atoms with Gasteiger partial charge in [-0.15, -0.1) is 0 Å². The molecular weight excluding hydrogens is 269 g/mol. The smallest absolute Gasteiger partial charge is 0.311 e. The lowest BCUT2D eigenvalue weighted by atomic mass is 10.3. The van der Waals surface area contributed by atoms with Crippen LogP contribution in [0.25, 0.3) is 0 Å². The second-order valence-electron chi connectivity index (χ2n) is 3.62. The molecule has 0 radical (unpaired) electrons. The summed E-state index contributed by atoms with van der Waals surface area (Å²) in [6, 6.07) is 2.82. The van der Waals surface area contributed by atoms with Gasteiger partial charge in [-0.3, -0.25) is 15.5 Å². The van der Waals surface area contributed by atoms with Gasteiger partial charge in [-0.25, -0.2) is 14.4 Å². The summed E-state index contributed by atoms with van der Waals surface area (Å²) in [6.07, 6.45) is 2.30. The summed E-state index contributed by atoms with van der Waals surface area (Å²) in [7, 11) is 0. The molecule has 20 heavy (non-hydrogen) atoms. The Balaban J connectivity index is 2.31. The van der Waals surface area contributed by atoms with Crippen LogP contribution in [0.2, 0.25) is 0 Å². The highest BCUT2D eigenvalue weighted by molar-refractivity contribution is 5.92. The zero-order chi connectivity index (χ0) is 14.7. The van der Waals surface area contributed by atoms with Crippen LogP contribution in [0.3, 0.4) is 0 Å². The Morgan fingerprint density at radius 1 is 1.40 bits per heavy atom. The first-order valence-electron chi connectivity index (χ1n) is 5.25. The average molecular weight is 277 g/mol. The number of nitrogens with zero attached hydrogens (tertiary/aromatic N) is 3. The Bertz CT molecular complexity index is 674. The number of nitrogens with two attached hydrogens (primary N) is 1. The fourth-order valence-electron chi connectivity index (χ4n) is 1.34. The standard InChI is InChI=1S/C11H8FN5O3/c12-6-1-2-8(17(18)19)9(3-6)20-10-5-15-7(4-16-10)11(13)14/h1-5H,(H3,13,14). The number of amidine groups is 1. The number of rotatable bonds is 4. The van der Waals surface area contributed by atoms with Gasteiger partial charge in [0, 0.05) is 12.1 Å². The van der Waals surface area contributed by atoms with Gasteiger partial charge in [0.25, 0.3) is 0 Å². The number of aromatic nitrogens is 2. The van der Waals surface area contributed by atoms with Crippen molar-refractivity contribution in [3.8, 4) is 11.6 Å². The van der Waals surface area contributed by atoms with Crippen molar-refractivity contribution in [2.45, 2.75) is 0 Å². The number of hydrogen-bond acceptors (Lipinski definition) is 6. The Labute approximate surface area is 111 Å². The molecule has 0 aliphatic carbocycles. The number of halogens is 1. The van der Waals surface area contributed by atoms with E-state index in [1.807, 2.05) is 0 Å². The summed E-state index contributed by atoms with van der Waals surface area (Å²) in [5.41, 5.74) is 4.93. The molecule has 0 aliphatic heterocycles. The summed E-state index contributed by atoms with van der Waals surface area (Å²) < 4.78 is 18.2. The first kappa shape index (κ1) is 13.3. The number of nitrogen functional groups attached to an aromatic ring is 1. The van der Waals surface area contributed by atoms with Gasteiger partial charge in [-0.2, -0.15) is 0 Å². The van der Waals surface area contributed by atoms with Crippen LogP contribution in [0.15, 0.2) is 30.6 Å². The van der Waals surface area contributed by atoms with E-state index >= 15 is 0 Å². The van der Waals surface area contributed by atoms with Crippen LogP contribution in [-0.2, 0) is 0 Å². The average Bonchev–Trinajstić information content (AvgIpc) is 2.39. The van der Waals surface area contributed by atoms with Crippen molar-refractivity contribution in [3.05, 3.63) is 52.2 Å². The van der Waals surface area contributed by atoms with Gasteiger partial charge in [0.15, 0.2) is 0 Å². The maximum absolute atomic E-state index is 13.1. The Morgan fingerprint density at radius 3 is 2.70 bits per heavy atom. The lowest BCUT2D eigenvalue weighted by Gasteiger charge is -2.05. The maximum Gasteiger partial charge on any atom is 0.311 e. The molecule has 0 unspecified atom stereocenters. The summed E-state index contributed by atoms with van der Waals surface area (Å²) in [6.45, 7) is 0. The number of benzene rings is 1. The third kappa shape index (κ3) is 2.83. The van der Waals surface area contributed by atoms with E-state index in [0.29, 0.717) is 0 Å². The van der Waals surface area contributed by atoms with Gasteiger partial charge in [0.2, 0.25) is 11.6 Å². The van der Waals surface area contributed by atoms with E-state index < -0.39 is 16.4 Å². The SMILES string of the molecule is N=C(N)c1cnc(Oc2cc(F)ccc2[N+](=O)[O-])cn1. The Hall–Kier alpha value is -3.10. The van der Waals surface area contributed by atoms with Gasteiger partial charge in [-0.05, 0) is 6.07 Å². The molecule has 9 heteroatoms. The molecule has 1 heterocycles. The number of nitro benzene ring substituents is 1. The molecule has 102 valence electrons. The molecule has 0 aliphatic rings. The molecule has 0 amide bonds. The minimum absolute atomic E-state index is 0.0799. The second-order valence-corrected chi connectivity index (χ2v) is 3.62. The maximum atomic E-state index is 13.1. The van der Waals surface area contributed by atoms with E-state index in [1.165, 1.54) is 6.20 Å². The molecule has 2 rings (SSSR count). The molecule has 3 N–H and O–H groups in total. The molecule has 1 aromatic carbocycles. The highest BCUT2D eigenvalue weighted by atomic mass is 19.1. The van der Waals surface area contributed by atoms with Gasteiger partial charge >= 0.3 is 5.69 Å². The molecular formula is C11H8FN5O3. The third-order valence-corrected chi connectivity index (χ3v) is 2.24. The number of ether oxygens (including phenoxy) is 1. The predicted octanol–water partition coefficient (Wildman–Crippen LogP) is 1.60. The molecule has 0 saturated carbocycles. The van der Waals surface area contributed by atoms with Gasteiger partial charge in [-0.1, -0.05) is 0 Å². The van der Waals surface area contributed by atoms with Crippen molar-refractivity contribution < 1.29 is 14.1 Å². The van der Waals surface area contributed by atoms with E-state index in [1.54, 1.807) is 0 Å². The lowest BCUT2D eigenvalue weighted by Crippen LogP contribution is -2.13. The number of nitro groups is 1. The van der Waals surface area contributed by atoms with Crippen molar-refractivity contribution >= 4 is 11.5 Å². The van der Waals surface area contributed by atoms with Crippen molar-refractivity contribution in [2.75, 3.05) is 0 Å². The van der Waals surface area contributed by atoms with Crippen molar-refractivity contribution in [1.29, 1.82) is 5.41 Å². The normalized spacial score (nSPS) is 10.1. The van der Waals surface area contributed by atoms with E-state index in [2.05, 4.69) is 9.97 Å². The largest absolute Gasteiger partial charge is 0.430 e. The summed E-state index contributed by atoms with van der Waals surface area (Å²) in [5.74, 6) is -1.33. The lowest BCUT2D eigenvalue weighted by molar-refractivity contribution is -0.385. The highest BCUT2D eigenvalue weighted by Crippen LogP contribution is 2.30. The monoisotopic (exact) mass is 277 g/mol. The molecule has 0 fully saturated rings. The zero-order valence-electron chi connectivity index (χ0n) is 9.91. The Kier molecular flexibility index (Phi) is 3.51. The van der Waals surface area contributed by atoms with Crippen LogP contribution < -0.4 is 10.5 Å². The summed E-state index contributed by atoms with van der Waals surface area (Å²) >= 11 is 0. The molecule has 0 spiro atoms. The number of nitrogens with one attached hydrogen (secondary N) is 1. The number of hydrogen-bond donors (Lipinski definition) is 2. The van der Waals surface area contributed by atoms with Crippen LogP contribution >= 0.6 is 0 Å². The highest BCUT2D eigenvalue weighted by Gasteiger charge is 2.17. The van der Waals surface area contributed by atoms with Crippen molar-refractivity contribution in [3.63, 3.8) is 0 Å². The molecule has 0 bridgehead atoms. The third-order valence-electron chi connectivity index (χ3n) is 2.24. The van der Waals surface area contributed by atoms with Crippen LogP contribution in [0.4, 0.5) is 10.1 Å². The Morgan fingerprint density at radius 2 is 2.15 bits per heavy atom. The van der Waals surface area contributed by atoms with Crippen LogP contribution in [-0.4, -0.2) is 20.7 Å². The summed E-state index contributed by atoms with van der Waals surface area (Å²) in [4.78, 5) is 17.6. The minimum Gasteiger partial charge on any atom is -0.430 e. The first-order valence-corrected chi connectivity index (χ1v) is 5.25. The fourth-order valence-corrected chi connectivity index (χ4v) is 1.34. The van der Waals surface area contributed by atoms with Gasteiger partial charge < -0.3 is 10.5 Å². The quantitative estimate of drug-likeness (QED) is 0.378. The van der Waals surface area contributed by atoms with Crippen molar-refractivity contribution in [1.82, 2.24) is 9.97 Å². The molecule has 1 aromatic heterocycles. The minimum atomic E-state index is -0.702.